The first-order valence-electron chi connectivity index (χ1n) is 10.6. The SMILES string of the molecule is COc1cc(-c2ccc3c(c2)C[C@@H](NC[C@@H](O)c2ccc(Cl)cc2)CC3)ccc1C(=O)O.Cl. The zero-order valence-corrected chi connectivity index (χ0v) is 19.8. The first-order valence-corrected chi connectivity index (χ1v) is 11.0. The number of carboxylic acid groups (broad SMARTS) is 1. The number of methoxy groups -OCH3 is 1. The minimum Gasteiger partial charge on any atom is -0.496 e. The lowest BCUT2D eigenvalue weighted by atomic mass is 9.86. The molecule has 0 aromatic heterocycles. The summed E-state index contributed by atoms with van der Waals surface area (Å²) in [7, 11) is 1.48. The number of ether oxygens (including phenoxy) is 1. The van der Waals surface area contributed by atoms with Crippen molar-refractivity contribution in [2.45, 2.75) is 31.4 Å². The molecule has 3 N–H and O–H groups in total. The van der Waals surface area contributed by atoms with E-state index in [-0.39, 0.29) is 24.0 Å². The van der Waals surface area contributed by atoms with Gasteiger partial charge in [-0.05, 0) is 71.3 Å². The topological polar surface area (TPSA) is 78.8 Å². The lowest BCUT2D eigenvalue weighted by Crippen LogP contribution is -2.37. The van der Waals surface area contributed by atoms with Gasteiger partial charge in [0.15, 0.2) is 0 Å². The molecular formula is C26H27Cl2NO4. The van der Waals surface area contributed by atoms with Crippen LogP contribution in [0.15, 0.2) is 60.7 Å². The third-order valence-electron chi connectivity index (χ3n) is 6.05. The number of fused-ring (bicyclic) bond motifs is 1. The Kier molecular flexibility index (Phi) is 8.38. The van der Waals surface area contributed by atoms with Gasteiger partial charge in [-0.25, -0.2) is 4.79 Å². The summed E-state index contributed by atoms with van der Waals surface area (Å²) in [6.07, 6.45) is 2.29. The zero-order valence-electron chi connectivity index (χ0n) is 18.3. The first kappa shape index (κ1) is 25.1. The van der Waals surface area contributed by atoms with E-state index < -0.39 is 12.1 Å². The number of hydrogen-bond acceptors (Lipinski definition) is 4. The molecule has 0 radical (unpaired) electrons. The van der Waals surface area contributed by atoms with E-state index in [0.29, 0.717) is 17.3 Å². The Morgan fingerprint density at radius 2 is 1.79 bits per heavy atom. The number of aromatic carboxylic acids is 1. The molecule has 3 aromatic rings. The van der Waals surface area contributed by atoms with E-state index in [2.05, 4.69) is 23.5 Å². The smallest absolute Gasteiger partial charge is 0.339 e. The standard InChI is InChI=1S/C26H26ClNO4.ClH/c1-32-25-14-19(7-11-23(25)26(30)31)18-3-2-16-6-10-22(13-20(16)12-18)28-15-24(29)17-4-8-21(27)9-5-17;/h2-5,7-9,11-12,14,22,24,28-29H,6,10,13,15H2,1H3,(H,30,31);1H/t22-,24+;/m0./s1. The number of carboxylic acids is 1. The Balaban J connectivity index is 0.00000306. The van der Waals surface area contributed by atoms with E-state index >= 15 is 0 Å². The van der Waals surface area contributed by atoms with E-state index in [0.717, 1.165) is 36.0 Å². The van der Waals surface area contributed by atoms with Crippen LogP contribution in [0.2, 0.25) is 5.02 Å². The van der Waals surface area contributed by atoms with Crippen molar-refractivity contribution in [1.29, 1.82) is 0 Å². The van der Waals surface area contributed by atoms with E-state index in [1.165, 1.54) is 18.2 Å². The molecule has 174 valence electrons. The summed E-state index contributed by atoms with van der Waals surface area (Å²) in [6.45, 7) is 0.481. The number of aliphatic hydroxyl groups excluding tert-OH is 1. The number of aryl methyl sites for hydroxylation is 1. The van der Waals surface area contributed by atoms with Crippen LogP contribution in [0.5, 0.6) is 5.75 Å². The Hall–Kier alpha value is -2.57. The molecule has 0 aliphatic heterocycles. The quantitative estimate of drug-likeness (QED) is 0.420. The number of nitrogens with one attached hydrogen (secondary N) is 1. The molecule has 1 aliphatic rings. The number of rotatable bonds is 7. The minimum atomic E-state index is -1.01. The van der Waals surface area contributed by atoms with Gasteiger partial charge in [-0.3, -0.25) is 0 Å². The number of halogens is 2. The first-order chi connectivity index (χ1) is 15.4. The normalized spacial score (nSPS) is 15.8. The molecule has 0 heterocycles. The second kappa shape index (κ2) is 11.0. The lowest BCUT2D eigenvalue weighted by molar-refractivity contribution is 0.0693. The molecule has 5 nitrogen and oxygen atoms in total. The van der Waals surface area contributed by atoms with Gasteiger partial charge in [-0.2, -0.15) is 0 Å². The van der Waals surface area contributed by atoms with E-state index in [1.54, 1.807) is 24.3 Å². The van der Waals surface area contributed by atoms with Crippen LogP contribution in [0, 0.1) is 0 Å². The highest BCUT2D eigenvalue weighted by molar-refractivity contribution is 6.30. The summed E-state index contributed by atoms with van der Waals surface area (Å²) in [6, 6.07) is 19.1. The van der Waals surface area contributed by atoms with E-state index in [1.807, 2.05) is 18.2 Å². The van der Waals surface area contributed by atoms with Crippen LogP contribution in [0.25, 0.3) is 11.1 Å². The van der Waals surface area contributed by atoms with Crippen LogP contribution in [0.1, 0.15) is 39.6 Å². The van der Waals surface area contributed by atoms with Crippen molar-refractivity contribution in [2.24, 2.45) is 0 Å². The van der Waals surface area contributed by atoms with Crippen molar-refractivity contribution in [3.05, 3.63) is 87.9 Å². The largest absolute Gasteiger partial charge is 0.496 e. The number of benzene rings is 3. The average molecular weight is 488 g/mol. The maximum atomic E-state index is 11.4. The van der Waals surface area contributed by atoms with Crippen LogP contribution >= 0.6 is 24.0 Å². The molecule has 0 spiro atoms. The molecule has 3 aromatic carbocycles. The van der Waals surface area contributed by atoms with Crippen LogP contribution in [0.3, 0.4) is 0 Å². The summed E-state index contributed by atoms with van der Waals surface area (Å²) in [5, 5.41) is 24.0. The Morgan fingerprint density at radius 1 is 1.09 bits per heavy atom. The fourth-order valence-corrected chi connectivity index (χ4v) is 4.37. The summed E-state index contributed by atoms with van der Waals surface area (Å²) in [5.41, 5.74) is 5.55. The summed E-state index contributed by atoms with van der Waals surface area (Å²) in [4.78, 5) is 11.4. The fraction of sp³-hybridized carbons (Fsp3) is 0.269. The molecule has 2 atom stereocenters. The van der Waals surface area contributed by atoms with Gasteiger partial charge in [0.05, 0.1) is 13.2 Å². The molecule has 0 unspecified atom stereocenters. The highest BCUT2D eigenvalue weighted by Crippen LogP contribution is 2.31. The van der Waals surface area contributed by atoms with E-state index in [4.69, 9.17) is 16.3 Å². The molecule has 0 amide bonds. The second-order valence-corrected chi connectivity index (χ2v) is 8.56. The minimum absolute atomic E-state index is 0. The number of carbonyl (C=O) groups is 1. The predicted octanol–water partition coefficient (Wildman–Crippen LogP) is 5.32. The molecule has 7 heteroatoms. The maximum Gasteiger partial charge on any atom is 0.339 e. The molecular weight excluding hydrogens is 461 g/mol. The Bertz CT molecular complexity index is 1120. The summed E-state index contributed by atoms with van der Waals surface area (Å²) < 4.78 is 5.27. The number of aliphatic hydroxyl groups is 1. The molecule has 0 saturated carbocycles. The molecule has 4 rings (SSSR count). The highest BCUT2D eigenvalue weighted by Gasteiger charge is 2.20. The highest BCUT2D eigenvalue weighted by atomic mass is 35.5. The molecule has 33 heavy (non-hydrogen) atoms. The Morgan fingerprint density at radius 3 is 2.48 bits per heavy atom. The van der Waals surface area contributed by atoms with Gasteiger partial charge in [0.2, 0.25) is 0 Å². The predicted molar refractivity (Wildman–Crippen MR) is 133 cm³/mol. The lowest BCUT2D eigenvalue weighted by Gasteiger charge is -2.27. The van der Waals surface area contributed by atoms with Gasteiger partial charge in [-0.1, -0.05) is 48.0 Å². The third kappa shape index (κ3) is 5.87. The molecule has 0 bridgehead atoms. The van der Waals surface area contributed by atoms with Crippen LogP contribution < -0.4 is 10.1 Å². The second-order valence-electron chi connectivity index (χ2n) is 8.12. The van der Waals surface area contributed by atoms with Gasteiger partial charge in [0, 0.05) is 17.6 Å². The van der Waals surface area contributed by atoms with Gasteiger partial charge in [-0.15, -0.1) is 12.4 Å². The number of hydrogen-bond donors (Lipinski definition) is 3. The molecule has 1 aliphatic carbocycles. The summed E-state index contributed by atoms with van der Waals surface area (Å²) in [5.74, 6) is -0.656. The van der Waals surface area contributed by atoms with Crippen molar-refractivity contribution < 1.29 is 19.7 Å². The van der Waals surface area contributed by atoms with Gasteiger partial charge >= 0.3 is 5.97 Å². The molecule has 0 fully saturated rings. The fourth-order valence-electron chi connectivity index (χ4n) is 4.24. The van der Waals surface area contributed by atoms with Crippen molar-refractivity contribution >= 4 is 30.0 Å². The molecule has 0 saturated heterocycles. The van der Waals surface area contributed by atoms with Crippen LogP contribution in [0.4, 0.5) is 0 Å². The van der Waals surface area contributed by atoms with Gasteiger partial charge in [0.25, 0.3) is 0 Å². The average Bonchev–Trinajstić information content (AvgIpc) is 2.82. The zero-order chi connectivity index (χ0) is 22.7. The van der Waals surface area contributed by atoms with Crippen LogP contribution in [-0.2, 0) is 12.8 Å². The van der Waals surface area contributed by atoms with Crippen molar-refractivity contribution in [3.8, 4) is 16.9 Å². The van der Waals surface area contributed by atoms with Gasteiger partial charge in [0.1, 0.15) is 11.3 Å². The van der Waals surface area contributed by atoms with E-state index in [9.17, 15) is 15.0 Å². The van der Waals surface area contributed by atoms with Gasteiger partial charge < -0.3 is 20.3 Å². The third-order valence-corrected chi connectivity index (χ3v) is 6.31. The monoisotopic (exact) mass is 487 g/mol. The van der Waals surface area contributed by atoms with Crippen LogP contribution in [-0.4, -0.2) is 35.9 Å². The Labute approximate surface area is 204 Å². The van der Waals surface area contributed by atoms with Crippen molar-refractivity contribution in [1.82, 2.24) is 5.32 Å². The summed E-state index contributed by atoms with van der Waals surface area (Å²) >= 11 is 5.93. The maximum absolute atomic E-state index is 11.4. The van der Waals surface area contributed by atoms with Crippen molar-refractivity contribution in [2.75, 3.05) is 13.7 Å². The van der Waals surface area contributed by atoms with Crippen molar-refractivity contribution in [3.63, 3.8) is 0 Å².